The summed E-state index contributed by atoms with van der Waals surface area (Å²) in [6.07, 6.45) is 6.10. The second-order valence-corrected chi connectivity index (χ2v) is 7.45. The van der Waals surface area contributed by atoms with Gasteiger partial charge in [0.05, 0.1) is 0 Å². The summed E-state index contributed by atoms with van der Waals surface area (Å²) >= 11 is 0. The summed E-state index contributed by atoms with van der Waals surface area (Å²) in [5.41, 5.74) is 3.22. The molecule has 0 bridgehead atoms. The van der Waals surface area contributed by atoms with Crippen molar-refractivity contribution in [3.8, 4) is 0 Å². The number of carbonyl (C=O) groups is 1. The number of hydrogen-bond acceptors (Lipinski definition) is 2. The average Bonchev–Trinajstić information content (AvgIpc) is 3.12. The van der Waals surface area contributed by atoms with E-state index in [2.05, 4.69) is 40.3 Å². The summed E-state index contributed by atoms with van der Waals surface area (Å²) in [4.78, 5) is 18.4. The molecule has 3 aromatic rings. The predicted octanol–water partition coefficient (Wildman–Crippen LogP) is 4.83. The Morgan fingerprint density at radius 3 is 2.59 bits per heavy atom. The molecular weight excluding hydrogens is 339 g/mol. The van der Waals surface area contributed by atoms with E-state index in [-0.39, 0.29) is 17.5 Å². The van der Waals surface area contributed by atoms with E-state index in [9.17, 15) is 9.18 Å². The van der Waals surface area contributed by atoms with Gasteiger partial charge in [-0.3, -0.25) is 4.79 Å². The Labute approximate surface area is 159 Å². The van der Waals surface area contributed by atoms with E-state index < -0.39 is 0 Å². The minimum atomic E-state index is -0.295. The fourth-order valence-corrected chi connectivity index (χ4v) is 4.10. The van der Waals surface area contributed by atoms with Crippen molar-refractivity contribution < 1.29 is 9.18 Å². The van der Waals surface area contributed by atoms with Gasteiger partial charge in [0.2, 0.25) is 0 Å². The monoisotopic (exact) mass is 364 g/mol. The summed E-state index contributed by atoms with van der Waals surface area (Å²) in [5, 5.41) is 1.32. The maximum Gasteiger partial charge on any atom is 0.166 e. The Morgan fingerprint density at radius 1 is 1.07 bits per heavy atom. The number of ketones is 1. The van der Waals surface area contributed by atoms with Gasteiger partial charge in [-0.2, -0.15) is 0 Å². The summed E-state index contributed by atoms with van der Waals surface area (Å²) in [6.45, 7) is 2.99. The number of para-hydroxylation sites is 1. The van der Waals surface area contributed by atoms with Gasteiger partial charge < -0.3 is 9.88 Å². The van der Waals surface area contributed by atoms with E-state index in [0.717, 1.165) is 45.3 Å². The minimum absolute atomic E-state index is 0.0697. The number of H-pyrrole nitrogens is 1. The molecule has 1 fully saturated rings. The molecule has 1 aromatic heterocycles. The Hall–Kier alpha value is -2.46. The highest BCUT2D eigenvalue weighted by Gasteiger charge is 2.25. The largest absolute Gasteiger partial charge is 0.361 e. The summed E-state index contributed by atoms with van der Waals surface area (Å²) in [6, 6.07) is 14.4. The van der Waals surface area contributed by atoms with Gasteiger partial charge in [-0.15, -0.1) is 0 Å². The zero-order valence-electron chi connectivity index (χ0n) is 15.5. The van der Waals surface area contributed by atoms with Crippen molar-refractivity contribution >= 4 is 16.7 Å². The average molecular weight is 364 g/mol. The van der Waals surface area contributed by atoms with E-state index in [1.807, 2.05) is 0 Å². The van der Waals surface area contributed by atoms with Gasteiger partial charge in [0, 0.05) is 28.6 Å². The fourth-order valence-electron chi connectivity index (χ4n) is 4.10. The van der Waals surface area contributed by atoms with E-state index in [0.29, 0.717) is 5.56 Å². The van der Waals surface area contributed by atoms with Crippen molar-refractivity contribution in [1.29, 1.82) is 0 Å². The number of aryl methyl sites for hydroxylation is 1. The van der Waals surface area contributed by atoms with Crippen LogP contribution in [0, 0.1) is 11.7 Å². The van der Waals surface area contributed by atoms with Crippen molar-refractivity contribution in [2.45, 2.75) is 25.7 Å². The molecule has 4 rings (SSSR count). The first kappa shape index (κ1) is 17.9. The first-order valence-corrected chi connectivity index (χ1v) is 9.78. The lowest BCUT2D eigenvalue weighted by Crippen LogP contribution is -2.37. The summed E-state index contributed by atoms with van der Waals surface area (Å²) in [7, 11) is 0. The van der Waals surface area contributed by atoms with Crippen molar-refractivity contribution in [1.82, 2.24) is 9.88 Å². The molecule has 1 aliphatic rings. The van der Waals surface area contributed by atoms with Crippen LogP contribution in [0.2, 0.25) is 0 Å². The third-order valence-corrected chi connectivity index (χ3v) is 5.68. The van der Waals surface area contributed by atoms with Gasteiger partial charge in [0.25, 0.3) is 0 Å². The highest BCUT2D eigenvalue weighted by Crippen LogP contribution is 2.23. The van der Waals surface area contributed by atoms with Crippen LogP contribution >= 0.6 is 0 Å². The predicted molar refractivity (Wildman–Crippen MR) is 107 cm³/mol. The smallest absolute Gasteiger partial charge is 0.166 e. The number of likely N-dealkylation sites (tertiary alicyclic amines) is 1. The molecule has 0 aliphatic carbocycles. The number of nitrogens with one attached hydrogen (secondary N) is 1. The van der Waals surface area contributed by atoms with Crippen LogP contribution < -0.4 is 0 Å². The number of aromatic amines is 1. The Kier molecular flexibility index (Phi) is 5.35. The van der Waals surface area contributed by atoms with Crippen LogP contribution in [0.25, 0.3) is 10.9 Å². The highest BCUT2D eigenvalue weighted by atomic mass is 19.1. The van der Waals surface area contributed by atoms with Crippen molar-refractivity contribution in [2.75, 3.05) is 19.6 Å². The lowest BCUT2D eigenvalue weighted by Gasteiger charge is -2.31. The van der Waals surface area contributed by atoms with Crippen LogP contribution in [0.1, 0.15) is 35.2 Å². The summed E-state index contributed by atoms with van der Waals surface area (Å²) < 4.78 is 13.0. The molecular formula is C23H25FN2O. The number of fused-ring (bicyclic) bond motifs is 1. The summed E-state index contributed by atoms with van der Waals surface area (Å²) in [5.74, 6) is -0.0645. The zero-order chi connectivity index (χ0) is 18.6. The van der Waals surface area contributed by atoms with Gasteiger partial charge in [0.15, 0.2) is 5.78 Å². The Balaban J connectivity index is 1.25. The molecule has 0 unspecified atom stereocenters. The molecule has 3 nitrogen and oxygen atoms in total. The molecule has 0 radical (unpaired) electrons. The number of rotatable bonds is 6. The molecule has 2 aromatic carbocycles. The molecule has 0 spiro atoms. The van der Waals surface area contributed by atoms with Crippen LogP contribution in [-0.4, -0.2) is 35.3 Å². The SMILES string of the molecule is O=C(c1ccc(F)cc1)C1CCN(CCCc2c[nH]c3ccccc23)CC1. The number of hydrogen-bond donors (Lipinski definition) is 1. The van der Waals surface area contributed by atoms with E-state index >= 15 is 0 Å². The topological polar surface area (TPSA) is 36.1 Å². The maximum absolute atomic E-state index is 13.0. The number of piperidine rings is 1. The number of benzene rings is 2. The minimum Gasteiger partial charge on any atom is -0.361 e. The van der Waals surface area contributed by atoms with Gasteiger partial charge in [0.1, 0.15) is 5.82 Å². The van der Waals surface area contributed by atoms with Crippen LogP contribution in [0.4, 0.5) is 4.39 Å². The first-order chi connectivity index (χ1) is 13.2. The third kappa shape index (κ3) is 4.11. The molecule has 1 aliphatic heterocycles. The number of nitrogens with zero attached hydrogens (tertiary/aromatic N) is 1. The zero-order valence-corrected chi connectivity index (χ0v) is 15.5. The fraction of sp³-hybridized carbons (Fsp3) is 0.348. The number of Topliss-reactive ketones (excluding diaryl/α,β-unsaturated/α-hetero) is 1. The van der Waals surface area contributed by atoms with Gasteiger partial charge in [-0.25, -0.2) is 4.39 Å². The molecule has 0 saturated carbocycles. The Morgan fingerprint density at radius 2 is 1.81 bits per heavy atom. The lowest BCUT2D eigenvalue weighted by molar-refractivity contribution is 0.0839. The number of carbonyl (C=O) groups excluding carboxylic acids is 1. The third-order valence-electron chi connectivity index (χ3n) is 5.68. The van der Waals surface area contributed by atoms with E-state index in [1.54, 1.807) is 12.1 Å². The Bertz CT molecular complexity index is 908. The molecule has 27 heavy (non-hydrogen) atoms. The van der Waals surface area contributed by atoms with Crippen LogP contribution in [0.3, 0.4) is 0 Å². The quantitative estimate of drug-likeness (QED) is 0.636. The highest BCUT2D eigenvalue weighted by molar-refractivity contribution is 5.97. The van der Waals surface area contributed by atoms with Crippen LogP contribution in [0.5, 0.6) is 0 Å². The maximum atomic E-state index is 13.0. The lowest BCUT2D eigenvalue weighted by atomic mass is 9.89. The van der Waals surface area contributed by atoms with Crippen molar-refractivity contribution in [3.05, 3.63) is 71.7 Å². The van der Waals surface area contributed by atoms with Gasteiger partial charge in [-0.1, -0.05) is 18.2 Å². The molecule has 1 N–H and O–H groups in total. The number of halogens is 1. The normalized spacial score (nSPS) is 16.0. The van der Waals surface area contributed by atoms with Crippen molar-refractivity contribution in [2.24, 2.45) is 5.92 Å². The second-order valence-electron chi connectivity index (χ2n) is 7.45. The number of aromatic nitrogens is 1. The second kappa shape index (κ2) is 8.05. The first-order valence-electron chi connectivity index (χ1n) is 9.78. The van der Waals surface area contributed by atoms with Gasteiger partial charge >= 0.3 is 0 Å². The molecule has 0 amide bonds. The van der Waals surface area contributed by atoms with Crippen LogP contribution in [-0.2, 0) is 6.42 Å². The molecule has 2 heterocycles. The van der Waals surface area contributed by atoms with Gasteiger partial charge in [-0.05, 0) is 81.2 Å². The molecule has 1 saturated heterocycles. The van der Waals surface area contributed by atoms with E-state index in [4.69, 9.17) is 0 Å². The van der Waals surface area contributed by atoms with Crippen LogP contribution in [0.15, 0.2) is 54.7 Å². The van der Waals surface area contributed by atoms with E-state index in [1.165, 1.54) is 28.6 Å². The molecule has 0 atom stereocenters. The standard InChI is InChI=1S/C23H25FN2O/c24-20-9-7-17(8-10-20)23(27)18-11-14-26(15-12-18)13-3-4-19-16-25-22-6-2-1-5-21(19)22/h1-2,5-10,16,18,25H,3-4,11-15H2. The molecule has 140 valence electrons. The molecule has 4 heteroatoms. The van der Waals surface area contributed by atoms with Crippen molar-refractivity contribution in [3.63, 3.8) is 0 Å².